The van der Waals surface area contributed by atoms with Crippen LogP contribution >= 0.6 is 0 Å². The van der Waals surface area contributed by atoms with Gasteiger partial charge in [-0.05, 0) is 37.1 Å². The Bertz CT molecular complexity index is 462. The Labute approximate surface area is 119 Å². The molecule has 0 saturated heterocycles. The van der Waals surface area contributed by atoms with Crippen LogP contribution in [0.25, 0.3) is 0 Å². The highest BCUT2D eigenvalue weighted by Gasteiger charge is 2.15. The Morgan fingerprint density at radius 3 is 2.80 bits per heavy atom. The number of carbonyl (C=O) groups is 1. The number of fused-ring (bicyclic) bond motifs is 1. The van der Waals surface area contributed by atoms with Crippen LogP contribution in [0.1, 0.15) is 30.1 Å². The Balaban J connectivity index is 1.95. The summed E-state index contributed by atoms with van der Waals surface area (Å²) in [5, 5.41) is 2.95. The van der Waals surface area contributed by atoms with Crippen LogP contribution < -0.4 is 20.5 Å². The molecule has 110 valence electrons. The first-order valence-corrected chi connectivity index (χ1v) is 7.12. The van der Waals surface area contributed by atoms with Crippen LogP contribution in [-0.2, 0) is 0 Å². The zero-order valence-electron chi connectivity index (χ0n) is 11.9. The first kappa shape index (κ1) is 14.7. The number of benzene rings is 1. The Morgan fingerprint density at radius 2 is 2.10 bits per heavy atom. The van der Waals surface area contributed by atoms with Gasteiger partial charge in [-0.1, -0.05) is 13.3 Å². The molecule has 5 heteroatoms. The third-order valence-corrected chi connectivity index (χ3v) is 3.51. The van der Waals surface area contributed by atoms with Crippen LogP contribution in [0.15, 0.2) is 18.2 Å². The van der Waals surface area contributed by atoms with E-state index < -0.39 is 0 Å². The van der Waals surface area contributed by atoms with Crippen molar-refractivity contribution in [3.63, 3.8) is 0 Å². The number of rotatable bonds is 6. The molecule has 0 bridgehead atoms. The van der Waals surface area contributed by atoms with E-state index in [0.29, 0.717) is 49.3 Å². The molecule has 1 aliphatic heterocycles. The zero-order chi connectivity index (χ0) is 14.4. The minimum atomic E-state index is -0.0857. The van der Waals surface area contributed by atoms with Crippen LogP contribution in [0, 0.1) is 5.92 Å². The maximum Gasteiger partial charge on any atom is 0.251 e. The predicted molar refractivity (Wildman–Crippen MR) is 77.2 cm³/mol. The largest absolute Gasteiger partial charge is 0.486 e. The summed E-state index contributed by atoms with van der Waals surface area (Å²) >= 11 is 0. The Hall–Kier alpha value is -1.75. The average Bonchev–Trinajstić information content (AvgIpc) is 2.50. The first-order valence-electron chi connectivity index (χ1n) is 7.12. The van der Waals surface area contributed by atoms with E-state index >= 15 is 0 Å². The SMILES string of the molecule is CCC(CCN)CNC(=O)c1ccc2c(c1)OCCO2. The highest BCUT2D eigenvalue weighted by molar-refractivity contribution is 5.94. The van der Waals surface area contributed by atoms with E-state index in [2.05, 4.69) is 12.2 Å². The molecule has 1 heterocycles. The lowest BCUT2D eigenvalue weighted by Crippen LogP contribution is -2.30. The second kappa shape index (κ2) is 7.14. The van der Waals surface area contributed by atoms with Gasteiger partial charge in [0.15, 0.2) is 11.5 Å². The quantitative estimate of drug-likeness (QED) is 0.828. The van der Waals surface area contributed by atoms with Gasteiger partial charge in [0, 0.05) is 12.1 Å². The highest BCUT2D eigenvalue weighted by atomic mass is 16.6. The molecule has 0 aliphatic carbocycles. The molecular formula is C15H22N2O3. The van der Waals surface area contributed by atoms with Gasteiger partial charge in [0.25, 0.3) is 5.91 Å². The molecule has 0 aromatic heterocycles. The molecule has 1 aromatic carbocycles. The molecule has 1 aliphatic rings. The number of nitrogens with two attached hydrogens (primary N) is 1. The van der Waals surface area contributed by atoms with Gasteiger partial charge in [0.1, 0.15) is 13.2 Å². The number of ether oxygens (including phenoxy) is 2. The normalized spacial score (nSPS) is 14.7. The summed E-state index contributed by atoms with van der Waals surface area (Å²) in [4.78, 5) is 12.1. The third kappa shape index (κ3) is 3.63. The van der Waals surface area contributed by atoms with Crippen LogP contribution in [0.2, 0.25) is 0 Å². The molecular weight excluding hydrogens is 256 g/mol. The van der Waals surface area contributed by atoms with Gasteiger partial charge in [0.2, 0.25) is 0 Å². The monoisotopic (exact) mass is 278 g/mol. The van der Waals surface area contributed by atoms with Crippen molar-refractivity contribution in [2.45, 2.75) is 19.8 Å². The molecule has 2 rings (SSSR count). The standard InChI is InChI=1S/C15H22N2O3/c1-2-11(5-6-16)10-17-15(18)12-3-4-13-14(9-12)20-8-7-19-13/h3-4,9,11H,2,5-8,10,16H2,1H3,(H,17,18). The zero-order valence-corrected chi connectivity index (χ0v) is 11.9. The van der Waals surface area contributed by atoms with Gasteiger partial charge >= 0.3 is 0 Å². The second-order valence-corrected chi connectivity index (χ2v) is 4.92. The van der Waals surface area contributed by atoms with Crippen molar-refractivity contribution < 1.29 is 14.3 Å². The lowest BCUT2D eigenvalue weighted by atomic mass is 10.0. The lowest BCUT2D eigenvalue weighted by molar-refractivity contribution is 0.0945. The molecule has 20 heavy (non-hydrogen) atoms. The molecule has 0 saturated carbocycles. The molecule has 0 radical (unpaired) electrons. The van der Waals surface area contributed by atoms with Crippen molar-refractivity contribution in [2.75, 3.05) is 26.3 Å². The fourth-order valence-corrected chi connectivity index (χ4v) is 2.21. The molecule has 0 spiro atoms. The molecule has 3 N–H and O–H groups in total. The van der Waals surface area contributed by atoms with Gasteiger partial charge in [0.05, 0.1) is 0 Å². The Morgan fingerprint density at radius 1 is 1.35 bits per heavy atom. The number of hydrogen-bond donors (Lipinski definition) is 2. The van der Waals surface area contributed by atoms with E-state index in [1.807, 2.05) is 0 Å². The topological polar surface area (TPSA) is 73.6 Å². The van der Waals surface area contributed by atoms with Gasteiger partial charge in [-0.3, -0.25) is 4.79 Å². The molecule has 1 unspecified atom stereocenters. The van der Waals surface area contributed by atoms with E-state index in [9.17, 15) is 4.79 Å². The first-order chi connectivity index (χ1) is 9.74. The summed E-state index contributed by atoms with van der Waals surface area (Å²) in [6.07, 6.45) is 1.94. The number of amides is 1. The van der Waals surface area contributed by atoms with Crippen LogP contribution in [-0.4, -0.2) is 32.2 Å². The molecule has 1 aromatic rings. The highest BCUT2D eigenvalue weighted by Crippen LogP contribution is 2.30. The minimum Gasteiger partial charge on any atom is -0.486 e. The minimum absolute atomic E-state index is 0.0857. The maximum atomic E-state index is 12.1. The van der Waals surface area contributed by atoms with E-state index in [1.165, 1.54) is 0 Å². The van der Waals surface area contributed by atoms with Crippen molar-refractivity contribution in [2.24, 2.45) is 11.7 Å². The van der Waals surface area contributed by atoms with Crippen molar-refractivity contribution in [1.29, 1.82) is 0 Å². The number of hydrogen-bond acceptors (Lipinski definition) is 4. The van der Waals surface area contributed by atoms with Crippen molar-refractivity contribution >= 4 is 5.91 Å². The summed E-state index contributed by atoms with van der Waals surface area (Å²) in [6, 6.07) is 5.26. The van der Waals surface area contributed by atoms with Gasteiger partial charge in [-0.15, -0.1) is 0 Å². The van der Waals surface area contributed by atoms with Crippen molar-refractivity contribution in [3.05, 3.63) is 23.8 Å². The van der Waals surface area contributed by atoms with Crippen LogP contribution in [0.3, 0.4) is 0 Å². The molecule has 5 nitrogen and oxygen atoms in total. The van der Waals surface area contributed by atoms with Crippen molar-refractivity contribution in [3.8, 4) is 11.5 Å². The predicted octanol–water partition coefficient (Wildman–Crippen LogP) is 1.56. The fraction of sp³-hybridized carbons (Fsp3) is 0.533. The van der Waals surface area contributed by atoms with E-state index in [4.69, 9.17) is 15.2 Å². The molecule has 0 fully saturated rings. The molecule has 1 atom stereocenters. The third-order valence-electron chi connectivity index (χ3n) is 3.51. The van der Waals surface area contributed by atoms with E-state index in [1.54, 1.807) is 18.2 Å². The second-order valence-electron chi connectivity index (χ2n) is 4.92. The average molecular weight is 278 g/mol. The number of carbonyl (C=O) groups excluding carboxylic acids is 1. The van der Waals surface area contributed by atoms with Gasteiger partial charge < -0.3 is 20.5 Å². The van der Waals surface area contributed by atoms with Crippen molar-refractivity contribution in [1.82, 2.24) is 5.32 Å². The summed E-state index contributed by atoms with van der Waals surface area (Å²) in [5.74, 6) is 1.68. The smallest absolute Gasteiger partial charge is 0.251 e. The summed E-state index contributed by atoms with van der Waals surface area (Å²) < 4.78 is 10.9. The fourth-order valence-electron chi connectivity index (χ4n) is 2.21. The van der Waals surface area contributed by atoms with Gasteiger partial charge in [-0.25, -0.2) is 0 Å². The summed E-state index contributed by atoms with van der Waals surface area (Å²) in [5.41, 5.74) is 6.15. The van der Waals surface area contributed by atoms with Crippen LogP contribution in [0.4, 0.5) is 0 Å². The summed E-state index contributed by atoms with van der Waals surface area (Å²) in [6.45, 7) is 4.48. The van der Waals surface area contributed by atoms with E-state index in [-0.39, 0.29) is 5.91 Å². The van der Waals surface area contributed by atoms with Crippen LogP contribution in [0.5, 0.6) is 11.5 Å². The summed E-state index contributed by atoms with van der Waals surface area (Å²) in [7, 11) is 0. The van der Waals surface area contributed by atoms with Gasteiger partial charge in [-0.2, -0.15) is 0 Å². The Kier molecular flexibility index (Phi) is 5.24. The number of nitrogens with one attached hydrogen (secondary N) is 1. The lowest BCUT2D eigenvalue weighted by Gasteiger charge is -2.19. The maximum absolute atomic E-state index is 12.1. The van der Waals surface area contributed by atoms with E-state index in [0.717, 1.165) is 12.8 Å². The molecule has 1 amide bonds.